The van der Waals surface area contributed by atoms with E-state index in [-0.39, 0.29) is 0 Å². The van der Waals surface area contributed by atoms with Crippen LogP contribution in [0.5, 0.6) is 0 Å². The zero-order valence-electron chi connectivity index (χ0n) is 13.5. The number of nitrogens with zero attached hydrogens (tertiary/aromatic N) is 2. The van der Waals surface area contributed by atoms with Crippen molar-refractivity contribution in [2.75, 3.05) is 26.2 Å². The van der Waals surface area contributed by atoms with Gasteiger partial charge in [-0.3, -0.25) is 0 Å². The first-order chi connectivity index (χ1) is 9.76. The van der Waals surface area contributed by atoms with E-state index >= 15 is 0 Å². The molecule has 0 spiro atoms. The summed E-state index contributed by atoms with van der Waals surface area (Å²) in [5, 5.41) is 3.79. The minimum atomic E-state index is 0.689. The molecule has 1 N–H and O–H groups in total. The van der Waals surface area contributed by atoms with Crippen molar-refractivity contribution in [3.05, 3.63) is 0 Å². The van der Waals surface area contributed by atoms with Crippen LogP contribution in [-0.4, -0.2) is 60.1 Å². The second-order valence-corrected chi connectivity index (χ2v) is 7.30. The molecule has 3 heterocycles. The van der Waals surface area contributed by atoms with Crippen molar-refractivity contribution in [3.8, 4) is 0 Å². The SMILES string of the molecule is CCC1CCN(C2CCN3CCCC3C2)CCC(C)N1. The van der Waals surface area contributed by atoms with Gasteiger partial charge in [-0.1, -0.05) is 6.92 Å². The maximum absolute atomic E-state index is 3.79. The fraction of sp³-hybridized carbons (Fsp3) is 1.00. The van der Waals surface area contributed by atoms with E-state index in [1.807, 2.05) is 0 Å². The Labute approximate surface area is 125 Å². The number of hydrogen-bond acceptors (Lipinski definition) is 3. The van der Waals surface area contributed by atoms with Gasteiger partial charge >= 0.3 is 0 Å². The molecule has 0 radical (unpaired) electrons. The molecule has 3 heteroatoms. The normalized spacial score (nSPS) is 41.1. The molecular formula is C17H33N3. The molecule has 3 nitrogen and oxygen atoms in total. The van der Waals surface area contributed by atoms with Crippen LogP contribution >= 0.6 is 0 Å². The summed E-state index contributed by atoms with van der Waals surface area (Å²) in [7, 11) is 0. The summed E-state index contributed by atoms with van der Waals surface area (Å²) in [5.41, 5.74) is 0. The lowest BCUT2D eigenvalue weighted by Gasteiger charge is -2.42. The van der Waals surface area contributed by atoms with Crippen molar-refractivity contribution in [2.45, 2.75) is 83.0 Å². The minimum Gasteiger partial charge on any atom is -0.311 e. The lowest BCUT2D eigenvalue weighted by Crippen LogP contribution is -2.51. The zero-order valence-corrected chi connectivity index (χ0v) is 13.5. The Hall–Kier alpha value is -0.120. The lowest BCUT2D eigenvalue weighted by atomic mass is 9.94. The van der Waals surface area contributed by atoms with Crippen LogP contribution in [0.1, 0.15) is 58.8 Å². The van der Waals surface area contributed by atoms with Gasteiger partial charge in [-0.25, -0.2) is 0 Å². The molecule has 0 aromatic rings. The van der Waals surface area contributed by atoms with Gasteiger partial charge in [-0.2, -0.15) is 0 Å². The van der Waals surface area contributed by atoms with Crippen LogP contribution in [0.4, 0.5) is 0 Å². The highest BCUT2D eigenvalue weighted by atomic mass is 15.2. The maximum Gasteiger partial charge on any atom is 0.0122 e. The van der Waals surface area contributed by atoms with Crippen LogP contribution in [-0.2, 0) is 0 Å². The van der Waals surface area contributed by atoms with Gasteiger partial charge in [-0.05, 0) is 78.0 Å². The van der Waals surface area contributed by atoms with Crippen molar-refractivity contribution in [1.82, 2.24) is 15.1 Å². The molecule has 4 unspecified atom stereocenters. The number of rotatable bonds is 2. The fourth-order valence-corrected chi connectivity index (χ4v) is 4.58. The zero-order chi connectivity index (χ0) is 13.9. The highest BCUT2D eigenvalue weighted by molar-refractivity contribution is 4.91. The first kappa shape index (κ1) is 14.8. The molecule has 3 aliphatic rings. The molecule has 116 valence electrons. The molecular weight excluding hydrogens is 246 g/mol. The van der Waals surface area contributed by atoms with E-state index in [4.69, 9.17) is 0 Å². The highest BCUT2D eigenvalue weighted by Crippen LogP contribution is 2.30. The van der Waals surface area contributed by atoms with Gasteiger partial charge in [0.05, 0.1) is 0 Å². The molecule has 3 rings (SSSR count). The quantitative estimate of drug-likeness (QED) is 0.838. The molecule has 20 heavy (non-hydrogen) atoms. The minimum absolute atomic E-state index is 0.689. The standard InChI is InChI=1S/C17H33N3/c1-3-15-7-11-20(10-6-14(2)18-15)17-8-12-19-9-4-5-16(19)13-17/h14-18H,3-13H2,1-2H3. The van der Waals surface area contributed by atoms with E-state index in [1.54, 1.807) is 0 Å². The molecule has 4 atom stereocenters. The van der Waals surface area contributed by atoms with Gasteiger partial charge in [0.1, 0.15) is 0 Å². The maximum atomic E-state index is 3.79. The predicted molar refractivity (Wildman–Crippen MR) is 85.1 cm³/mol. The van der Waals surface area contributed by atoms with Gasteiger partial charge in [0, 0.05) is 24.2 Å². The van der Waals surface area contributed by atoms with E-state index in [2.05, 4.69) is 29.0 Å². The summed E-state index contributed by atoms with van der Waals surface area (Å²) in [6.07, 6.45) is 9.69. The topological polar surface area (TPSA) is 18.5 Å². The molecule has 3 aliphatic heterocycles. The molecule has 0 aliphatic carbocycles. The number of piperidine rings is 1. The molecule has 0 saturated carbocycles. The van der Waals surface area contributed by atoms with E-state index in [0.29, 0.717) is 6.04 Å². The summed E-state index contributed by atoms with van der Waals surface area (Å²) in [6, 6.07) is 3.21. The average molecular weight is 279 g/mol. The van der Waals surface area contributed by atoms with Crippen molar-refractivity contribution in [2.24, 2.45) is 0 Å². The fourth-order valence-electron chi connectivity index (χ4n) is 4.58. The van der Waals surface area contributed by atoms with Gasteiger partial charge in [0.2, 0.25) is 0 Å². The summed E-state index contributed by atoms with van der Waals surface area (Å²) in [4.78, 5) is 5.59. The van der Waals surface area contributed by atoms with Gasteiger partial charge in [-0.15, -0.1) is 0 Å². The van der Waals surface area contributed by atoms with E-state index < -0.39 is 0 Å². The Bertz CT molecular complexity index is 307. The van der Waals surface area contributed by atoms with Crippen LogP contribution < -0.4 is 5.32 Å². The summed E-state index contributed by atoms with van der Waals surface area (Å²) < 4.78 is 0. The molecule has 3 fully saturated rings. The van der Waals surface area contributed by atoms with E-state index in [9.17, 15) is 0 Å². The van der Waals surface area contributed by atoms with E-state index in [0.717, 1.165) is 18.1 Å². The Morgan fingerprint density at radius 1 is 0.900 bits per heavy atom. The summed E-state index contributed by atoms with van der Waals surface area (Å²) >= 11 is 0. The van der Waals surface area contributed by atoms with Crippen molar-refractivity contribution < 1.29 is 0 Å². The van der Waals surface area contributed by atoms with Gasteiger partial charge in [0.25, 0.3) is 0 Å². The van der Waals surface area contributed by atoms with Crippen LogP contribution in [0.15, 0.2) is 0 Å². The Balaban J connectivity index is 1.57. The number of fused-ring (bicyclic) bond motifs is 1. The Morgan fingerprint density at radius 3 is 2.45 bits per heavy atom. The van der Waals surface area contributed by atoms with Crippen LogP contribution in [0.25, 0.3) is 0 Å². The molecule has 0 amide bonds. The second kappa shape index (κ2) is 6.76. The highest BCUT2D eigenvalue weighted by Gasteiger charge is 2.34. The van der Waals surface area contributed by atoms with Gasteiger partial charge < -0.3 is 15.1 Å². The molecule has 0 aromatic heterocycles. The van der Waals surface area contributed by atoms with Crippen molar-refractivity contribution >= 4 is 0 Å². The first-order valence-electron chi connectivity index (χ1n) is 9.00. The molecule has 0 aromatic carbocycles. The summed E-state index contributed by atoms with van der Waals surface area (Å²) in [5.74, 6) is 0. The second-order valence-electron chi connectivity index (χ2n) is 7.30. The molecule has 0 bridgehead atoms. The third-order valence-corrected chi connectivity index (χ3v) is 5.94. The van der Waals surface area contributed by atoms with Crippen LogP contribution in [0, 0.1) is 0 Å². The summed E-state index contributed by atoms with van der Waals surface area (Å²) in [6.45, 7) is 10.0. The number of nitrogens with one attached hydrogen (secondary N) is 1. The van der Waals surface area contributed by atoms with E-state index in [1.165, 1.54) is 71.1 Å². The van der Waals surface area contributed by atoms with Crippen molar-refractivity contribution in [1.29, 1.82) is 0 Å². The predicted octanol–water partition coefficient (Wildman–Crippen LogP) is 2.47. The third-order valence-electron chi connectivity index (χ3n) is 5.94. The van der Waals surface area contributed by atoms with Crippen LogP contribution in [0.3, 0.4) is 0 Å². The Morgan fingerprint density at radius 2 is 1.60 bits per heavy atom. The smallest absolute Gasteiger partial charge is 0.0122 e. The monoisotopic (exact) mass is 279 g/mol. The third kappa shape index (κ3) is 3.37. The lowest BCUT2D eigenvalue weighted by molar-refractivity contribution is 0.0756. The average Bonchev–Trinajstić information content (AvgIpc) is 2.90. The first-order valence-corrected chi connectivity index (χ1v) is 9.00. The molecule has 3 saturated heterocycles. The van der Waals surface area contributed by atoms with Gasteiger partial charge in [0.15, 0.2) is 0 Å². The number of hydrogen-bond donors (Lipinski definition) is 1. The van der Waals surface area contributed by atoms with Crippen LogP contribution in [0.2, 0.25) is 0 Å². The van der Waals surface area contributed by atoms with Crippen molar-refractivity contribution in [3.63, 3.8) is 0 Å². The Kier molecular flexibility index (Phi) is 5.00. The largest absolute Gasteiger partial charge is 0.311 e.